The number of ether oxygens (including phenoxy) is 3. The Morgan fingerprint density at radius 3 is 2.63 bits per heavy atom. The fourth-order valence-corrected chi connectivity index (χ4v) is 5.14. The van der Waals surface area contributed by atoms with Crippen LogP contribution in [0.1, 0.15) is 35.2 Å². The van der Waals surface area contributed by atoms with Crippen molar-refractivity contribution in [2.75, 3.05) is 75.3 Å². The molecule has 0 bridgehead atoms. The normalized spacial score (nSPS) is 18.4. The molecule has 12 heteroatoms. The number of carbonyl (C=O) groups is 1. The predicted octanol–water partition coefficient (Wildman–Crippen LogP) is 2.33. The molecule has 38 heavy (non-hydrogen) atoms. The van der Waals surface area contributed by atoms with Crippen LogP contribution < -0.4 is 19.9 Å². The number of methoxy groups -OCH3 is 2. The highest BCUT2D eigenvalue weighted by molar-refractivity contribution is 6.32. The number of morpholine rings is 1. The zero-order valence-corrected chi connectivity index (χ0v) is 22.6. The third kappa shape index (κ3) is 6.58. The van der Waals surface area contributed by atoms with Gasteiger partial charge < -0.3 is 39.5 Å². The van der Waals surface area contributed by atoms with Crippen LogP contribution in [0, 0.1) is 5.92 Å². The summed E-state index contributed by atoms with van der Waals surface area (Å²) in [4.78, 5) is 26.8. The topological polar surface area (TPSA) is 130 Å². The molecular weight excluding hydrogens is 514 g/mol. The summed E-state index contributed by atoms with van der Waals surface area (Å²) in [7, 11) is 2.90. The molecule has 1 aromatic carbocycles. The summed E-state index contributed by atoms with van der Waals surface area (Å²) in [6.45, 7) is 3.22. The monoisotopic (exact) mass is 549 g/mol. The van der Waals surface area contributed by atoms with Gasteiger partial charge in [-0.1, -0.05) is 17.7 Å². The zero-order valence-electron chi connectivity index (χ0n) is 21.9. The highest BCUT2D eigenvalue weighted by Crippen LogP contribution is 2.33. The highest BCUT2D eigenvalue weighted by Gasteiger charge is 2.31. The van der Waals surface area contributed by atoms with Gasteiger partial charge in [-0.05, 0) is 42.9 Å². The van der Waals surface area contributed by atoms with Crippen LogP contribution in [0.15, 0.2) is 18.2 Å². The molecule has 0 radical (unpaired) electrons. The van der Waals surface area contributed by atoms with Gasteiger partial charge in [-0.25, -0.2) is 4.79 Å². The van der Waals surface area contributed by atoms with Crippen LogP contribution in [0.2, 0.25) is 5.02 Å². The van der Waals surface area contributed by atoms with E-state index in [1.54, 1.807) is 19.2 Å². The van der Waals surface area contributed by atoms with Crippen molar-refractivity contribution < 1.29 is 29.2 Å². The van der Waals surface area contributed by atoms with Gasteiger partial charge in [-0.15, -0.1) is 0 Å². The van der Waals surface area contributed by atoms with Gasteiger partial charge in [0.25, 0.3) is 0 Å². The molecule has 0 amide bonds. The molecule has 0 saturated carbocycles. The zero-order chi connectivity index (χ0) is 27.1. The number of hydrogen-bond donors (Lipinski definition) is 3. The van der Waals surface area contributed by atoms with Gasteiger partial charge in [0.2, 0.25) is 5.95 Å². The van der Waals surface area contributed by atoms with Crippen LogP contribution in [0.25, 0.3) is 0 Å². The second-order valence-corrected chi connectivity index (χ2v) is 9.86. The fourth-order valence-electron chi connectivity index (χ4n) is 4.86. The number of esters is 1. The quantitative estimate of drug-likeness (QED) is 0.377. The number of aliphatic hydroxyl groups excluding tert-OH is 2. The van der Waals surface area contributed by atoms with Gasteiger partial charge in [-0.3, -0.25) is 0 Å². The van der Waals surface area contributed by atoms with Crippen molar-refractivity contribution in [1.29, 1.82) is 0 Å². The Bertz CT molecular complexity index is 1100. The van der Waals surface area contributed by atoms with Crippen LogP contribution in [-0.2, 0) is 16.0 Å². The third-order valence-electron chi connectivity index (χ3n) is 7.02. The lowest BCUT2D eigenvalue weighted by atomic mass is 9.94. The van der Waals surface area contributed by atoms with Crippen molar-refractivity contribution in [3.63, 3.8) is 0 Å². The minimum absolute atomic E-state index is 0.106. The first-order valence-electron chi connectivity index (χ1n) is 12.9. The Kier molecular flexibility index (Phi) is 9.84. The second kappa shape index (κ2) is 13.3. The maximum absolute atomic E-state index is 13.1. The van der Waals surface area contributed by atoms with E-state index in [-0.39, 0.29) is 24.9 Å². The van der Waals surface area contributed by atoms with Crippen molar-refractivity contribution in [2.45, 2.75) is 31.9 Å². The smallest absolute Gasteiger partial charge is 0.345 e. The number of rotatable bonds is 10. The summed E-state index contributed by atoms with van der Waals surface area (Å²) < 4.78 is 16.0. The van der Waals surface area contributed by atoms with Gasteiger partial charge in [0.15, 0.2) is 5.82 Å². The summed E-state index contributed by atoms with van der Waals surface area (Å²) in [5.41, 5.74) is 1.15. The van der Waals surface area contributed by atoms with Crippen molar-refractivity contribution in [2.24, 2.45) is 5.92 Å². The molecular formula is C26H36ClN5O6. The first-order chi connectivity index (χ1) is 18.5. The number of hydrogen-bond acceptors (Lipinski definition) is 11. The average Bonchev–Trinajstić information content (AvgIpc) is 2.96. The molecule has 3 N–H and O–H groups in total. The molecule has 4 rings (SSSR count). The van der Waals surface area contributed by atoms with Crippen LogP contribution >= 0.6 is 11.6 Å². The first kappa shape index (κ1) is 28.2. The molecule has 208 valence electrons. The first-order valence-corrected chi connectivity index (χ1v) is 13.2. The Morgan fingerprint density at radius 1 is 1.18 bits per heavy atom. The largest absolute Gasteiger partial charge is 0.495 e. The molecule has 3 heterocycles. The van der Waals surface area contributed by atoms with E-state index in [0.29, 0.717) is 73.6 Å². The Morgan fingerprint density at radius 2 is 1.97 bits per heavy atom. The Hall–Kier alpha value is -2.86. The van der Waals surface area contributed by atoms with Gasteiger partial charge in [0, 0.05) is 39.3 Å². The predicted molar refractivity (Wildman–Crippen MR) is 144 cm³/mol. The SMILES string of the molecule is COC(=O)c1c(NCc2ccc(OC)c(Cl)c2)nc(N2CCOC(CO)C2)nc1N1CCC(CCO)CC1. The van der Waals surface area contributed by atoms with Gasteiger partial charge in [0.05, 0.1) is 38.6 Å². The average molecular weight is 550 g/mol. The summed E-state index contributed by atoms with van der Waals surface area (Å²) >= 11 is 6.32. The number of carbonyl (C=O) groups excluding carboxylic acids is 1. The van der Waals surface area contributed by atoms with E-state index in [0.717, 1.165) is 24.8 Å². The summed E-state index contributed by atoms with van der Waals surface area (Å²) in [5.74, 6) is 1.78. The van der Waals surface area contributed by atoms with E-state index in [2.05, 4.69) is 10.2 Å². The van der Waals surface area contributed by atoms with Gasteiger partial charge >= 0.3 is 5.97 Å². The maximum Gasteiger partial charge on any atom is 0.345 e. The minimum Gasteiger partial charge on any atom is -0.495 e. The van der Waals surface area contributed by atoms with Gasteiger partial charge in [-0.2, -0.15) is 9.97 Å². The standard InChI is InChI=1S/C26H36ClN5O6/c1-36-21-4-3-18(13-20(21)27)14-28-23-22(25(35)37-2)24(31-8-5-17(6-9-31)7-11-33)30-26(29-23)32-10-12-38-19(15-32)16-34/h3-4,13,17,19,33-34H,5-12,14-16H2,1-2H3,(H,28,29,30). The number of piperidine rings is 1. The molecule has 1 aromatic heterocycles. The number of anilines is 3. The minimum atomic E-state index is -0.533. The van der Waals surface area contributed by atoms with E-state index in [9.17, 15) is 15.0 Å². The number of nitrogens with zero attached hydrogens (tertiary/aromatic N) is 4. The van der Waals surface area contributed by atoms with Crippen molar-refractivity contribution in [1.82, 2.24) is 9.97 Å². The van der Waals surface area contributed by atoms with E-state index in [1.165, 1.54) is 7.11 Å². The van der Waals surface area contributed by atoms with Crippen LogP contribution in [0.3, 0.4) is 0 Å². The second-order valence-electron chi connectivity index (χ2n) is 9.45. The Labute approximate surface area is 227 Å². The number of aromatic nitrogens is 2. The summed E-state index contributed by atoms with van der Waals surface area (Å²) in [6.07, 6.45) is 2.19. The lowest BCUT2D eigenvalue weighted by molar-refractivity contribution is 0.00314. The maximum atomic E-state index is 13.1. The number of nitrogens with one attached hydrogen (secondary N) is 1. The molecule has 1 atom stereocenters. The van der Waals surface area contributed by atoms with Crippen LogP contribution in [0.4, 0.5) is 17.6 Å². The van der Waals surface area contributed by atoms with Crippen molar-refractivity contribution in [3.05, 3.63) is 34.3 Å². The molecule has 0 spiro atoms. The molecule has 2 fully saturated rings. The van der Waals surface area contributed by atoms with E-state index >= 15 is 0 Å². The number of halogens is 1. The van der Waals surface area contributed by atoms with Crippen molar-refractivity contribution >= 4 is 35.2 Å². The van der Waals surface area contributed by atoms with Crippen LogP contribution in [0.5, 0.6) is 5.75 Å². The fraction of sp³-hybridized carbons (Fsp3) is 0.577. The Balaban J connectivity index is 1.70. The van der Waals surface area contributed by atoms with E-state index in [1.807, 2.05) is 11.0 Å². The molecule has 11 nitrogen and oxygen atoms in total. The lowest BCUT2D eigenvalue weighted by Crippen LogP contribution is -2.45. The van der Waals surface area contributed by atoms with Crippen LogP contribution in [-0.4, -0.2) is 92.5 Å². The number of aliphatic hydroxyl groups is 2. The molecule has 2 saturated heterocycles. The molecule has 1 unspecified atom stereocenters. The molecule has 0 aliphatic carbocycles. The molecule has 2 aromatic rings. The lowest BCUT2D eigenvalue weighted by Gasteiger charge is -2.36. The van der Waals surface area contributed by atoms with Gasteiger partial charge in [0.1, 0.15) is 17.1 Å². The summed E-state index contributed by atoms with van der Waals surface area (Å²) in [5, 5.41) is 22.8. The summed E-state index contributed by atoms with van der Waals surface area (Å²) in [6, 6.07) is 5.48. The molecule has 2 aliphatic heterocycles. The van der Waals surface area contributed by atoms with E-state index in [4.69, 9.17) is 35.8 Å². The molecule has 2 aliphatic rings. The third-order valence-corrected chi connectivity index (χ3v) is 7.32. The number of benzene rings is 1. The van der Waals surface area contributed by atoms with Crippen molar-refractivity contribution in [3.8, 4) is 5.75 Å². The van der Waals surface area contributed by atoms with E-state index < -0.39 is 5.97 Å². The highest BCUT2D eigenvalue weighted by atomic mass is 35.5.